The molecule has 5 nitrogen and oxygen atoms in total. The second kappa shape index (κ2) is 13.2. The lowest BCUT2D eigenvalue weighted by Crippen LogP contribution is -2.25. The molecule has 5 heteroatoms. The summed E-state index contributed by atoms with van der Waals surface area (Å²) in [5.41, 5.74) is 5.55. The Hall–Kier alpha value is -1.23. The highest BCUT2D eigenvalue weighted by Gasteiger charge is 2.02. The molecule has 110 valence electrons. The molecule has 19 heavy (non-hydrogen) atoms. The number of unbranched alkanes of at least 4 members (excludes halogenated alkanes) is 5. The summed E-state index contributed by atoms with van der Waals surface area (Å²) < 4.78 is 0. The van der Waals surface area contributed by atoms with E-state index in [0.717, 1.165) is 51.4 Å². The molecule has 0 radical (unpaired) electrons. The zero-order valence-corrected chi connectivity index (χ0v) is 11.7. The van der Waals surface area contributed by atoms with Crippen LogP contribution in [0.15, 0.2) is 0 Å². The molecule has 0 spiro atoms. The third kappa shape index (κ3) is 13.0. The quantitative estimate of drug-likeness (QED) is 0.270. The molecule has 0 aliphatic heterocycles. The van der Waals surface area contributed by atoms with Gasteiger partial charge in [0.1, 0.15) is 6.29 Å². The summed E-state index contributed by atoms with van der Waals surface area (Å²) in [7, 11) is 0. The van der Waals surface area contributed by atoms with Crippen molar-refractivity contribution in [1.82, 2.24) is 5.32 Å². The zero-order chi connectivity index (χ0) is 14.3. The Morgan fingerprint density at radius 1 is 1.16 bits per heavy atom. The summed E-state index contributed by atoms with van der Waals surface area (Å²) in [6, 6.07) is -0.223. The number of carbonyl (C=O) groups is 2. The van der Waals surface area contributed by atoms with E-state index in [1.165, 1.54) is 6.21 Å². The normalized spacial score (nSPS) is 11.8. The lowest BCUT2D eigenvalue weighted by Gasteiger charge is -2.06. The number of carbonyl (C=O) groups excluding carboxylic acids is 2. The Kier molecular flexibility index (Phi) is 12.4. The molecule has 1 atom stereocenters. The molecule has 0 aliphatic rings. The molecule has 0 heterocycles. The maximum atomic E-state index is 11.4. The number of amides is 1. The van der Waals surface area contributed by atoms with Crippen molar-refractivity contribution in [3.05, 3.63) is 0 Å². The molecule has 0 rings (SSSR count). The molecule has 0 saturated heterocycles. The number of hydrogen-bond donors (Lipinski definition) is 3. The van der Waals surface area contributed by atoms with E-state index in [0.29, 0.717) is 19.3 Å². The van der Waals surface area contributed by atoms with Crippen LogP contribution in [0.3, 0.4) is 0 Å². The molecule has 1 amide bonds. The molecule has 0 aromatic heterocycles. The number of rotatable bonds is 13. The molecule has 0 bridgehead atoms. The van der Waals surface area contributed by atoms with Gasteiger partial charge >= 0.3 is 0 Å². The second-order valence-electron chi connectivity index (χ2n) is 4.80. The predicted octanol–water partition coefficient (Wildman–Crippen LogP) is 1.79. The summed E-state index contributed by atoms with van der Waals surface area (Å²) in [5, 5.41) is 9.83. The first-order valence-corrected chi connectivity index (χ1v) is 7.17. The van der Waals surface area contributed by atoms with Crippen molar-refractivity contribution in [3.63, 3.8) is 0 Å². The van der Waals surface area contributed by atoms with Gasteiger partial charge in [-0.15, -0.1) is 0 Å². The second-order valence-corrected chi connectivity index (χ2v) is 4.80. The van der Waals surface area contributed by atoms with Crippen molar-refractivity contribution in [2.75, 3.05) is 6.54 Å². The summed E-state index contributed by atoms with van der Waals surface area (Å²) >= 11 is 0. The van der Waals surface area contributed by atoms with Crippen LogP contribution < -0.4 is 11.1 Å². The van der Waals surface area contributed by atoms with Gasteiger partial charge in [0.25, 0.3) is 0 Å². The Morgan fingerprint density at radius 3 is 2.53 bits per heavy atom. The Labute approximate surface area is 115 Å². The minimum Gasteiger partial charge on any atom is -0.356 e. The minimum absolute atomic E-state index is 0.0677. The fourth-order valence-electron chi connectivity index (χ4n) is 1.78. The Balaban J connectivity index is 3.24. The van der Waals surface area contributed by atoms with Crippen molar-refractivity contribution in [2.45, 2.75) is 63.8 Å². The van der Waals surface area contributed by atoms with Crippen LogP contribution in [-0.2, 0) is 9.59 Å². The topological polar surface area (TPSA) is 96.0 Å². The van der Waals surface area contributed by atoms with Gasteiger partial charge in [-0.05, 0) is 25.7 Å². The van der Waals surface area contributed by atoms with Crippen LogP contribution >= 0.6 is 0 Å². The minimum atomic E-state index is -0.223. The van der Waals surface area contributed by atoms with Crippen molar-refractivity contribution in [3.8, 4) is 0 Å². The molecule has 0 fully saturated rings. The maximum absolute atomic E-state index is 11.4. The highest BCUT2D eigenvalue weighted by Crippen LogP contribution is 2.04. The summed E-state index contributed by atoms with van der Waals surface area (Å²) in [4.78, 5) is 21.5. The highest BCUT2D eigenvalue weighted by atomic mass is 16.1. The smallest absolute Gasteiger partial charge is 0.219 e. The average molecular weight is 269 g/mol. The third-order valence-corrected chi connectivity index (χ3v) is 2.98. The van der Waals surface area contributed by atoms with E-state index >= 15 is 0 Å². The van der Waals surface area contributed by atoms with Gasteiger partial charge in [-0.2, -0.15) is 0 Å². The first-order valence-electron chi connectivity index (χ1n) is 7.17. The molecule has 4 N–H and O–H groups in total. The summed E-state index contributed by atoms with van der Waals surface area (Å²) in [5.74, 6) is 0.0677. The van der Waals surface area contributed by atoms with Crippen molar-refractivity contribution in [1.29, 1.82) is 5.41 Å². The first kappa shape index (κ1) is 17.8. The van der Waals surface area contributed by atoms with E-state index < -0.39 is 0 Å². The average Bonchev–Trinajstić information content (AvgIpc) is 2.41. The fourth-order valence-corrected chi connectivity index (χ4v) is 1.78. The van der Waals surface area contributed by atoms with Crippen LogP contribution in [0.5, 0.6) is 0 Å². The van der Waals surface area contributed by atoms with E-state index in [4.69, 9.17) is 11.1 Å². The molecule has 0 aromatic rings. The van der Waals surface area contributed by atoms with Crippen LogP contribution in [-0.4, -0.2) is 31.0 Å². The number of hydrogen-bond acceptors (Lipinski definition) is 4. The molecule has 0 aromatic carbocycles. The predicted molar refractivity (Wildman–Crippen MR) is 77.4 cm³/mol. The van der Waals surface area contributed by atoms with Crippen molar-refractivity contribution in [2.24, 2.45) is 5.73 Å². The van der Waals surface area contributed by atoms with Crippen molar-refractivity contribution < 1.29 is 9.59 Å². The standard InChI is InChI=1S/C14H27N3O2/c15-12-13(16)8-7-9-14(19)17-10-5-3-1-2-4-6-11-18/h11-13,15H,1-10,16H2,(H,17,19). The SMILES string of the molecule is N=CC(N)CCCC(=O)NCCCCCCCC=O. The molecular weight excluding hydrogens is 242 g/mol. The van der Waals surface area contributed by atoms with Gasteiger partial charge in [-0.3, -0.25) is 4.79 Å². The van der Waals surface area contributed by atoms with Gasteiger partial charge in [0.15, 0.2) is 0 Å². The van der Waals surface area contributed by atoms with E-state index in [1.807, 2.05) is 0 Å². The van der Waals surface area contributed by atoms with Crippen molar-refractivity contribution >= 4 is 18.4 Å². The third-order valence-electron chi connectivity index (χ3n) is 2.98. The first-order chi connectivity index (χ1) is 9.20. The van der Waals surface area contributed by atoms with E-state index in [-0.39, 0.29) is 11.9 Å². The number of aldehydes is 1. The molecule has 1 unspecified atom stereocenters. The van der Waals surface area contributed by atoms with Crippen LogP contribution in [0.25, 0.3) is 0 Å². The highest BCUT2D eigenvalue weighted by molar-refractivity contribution is 5.75. The maximum Gasteiger partial charge on any atom is 0.219 e. The van der Waals surface area contributed by atoms with Gasteiger partial charge in [-0.25, -0.2) is 0 Å². The van der Waals surface area contributed by atoms with Gasteiger partial charge in [0.05, 0.1) is 0 Å². The lowest BCUT2D eigenvalue weighted by molar-refractivity contribution is -0.121. The molecular formula is C14H27N3O2. The van der Waals surface area contributed by atoms with Gasteiger partial charge in [-0.1, -0.05) is 19.3 Å². The monoisotopic (exact) mass is 269 g/mol. The Morgan fingerprint density at radius 2 is 1.84 bits per heavy atom. The Bertz CT molecular complexity index is 257. The summed E-state index contributed by atoms with van der Waals surface area (Å²) in [6.45, 7) is 0.725. The van der Waals surface area contributed by atoms with Gasteiger partial charge in [0.2, 0.25) is 5.91 Å². The van der Waals surface area contributed by atoms with E-state index in [2.05, 4.69) is 5.32 Å². The fraction of sp³-hybridized carbons (Fsp3) is 0.786. The largest absolute Gasteiger partial charge is 0.356 e. The lowest BCUT2D eigenvalue weighted by atomic mass is 10.1. The molecule has 0 saturated carbocycles. The zero-order valence-electron chi connectivity index (χ0n) is 11.7. The van der Waals surface area contributed by atoms with Gasteiger partial charge in [0, 0.05) is 31.6 Å². The van der Waals surface area contributed by atoms with Crippen LogP contribution in [0, 0.1) is 5.41 Å². The van der Waals surface area contributed by atoms with Crippen LogP contribution in [0.2, 0.25) is 0 Å². The van der Waals surface area contributed by atoms with Crippen LogP contribution in [0.1, 0.15) is 57.8 Å². The van der Waals surface area contributed by atoms with Gasteiger partial charge < -0.3 is 21.3 Å². The number of nitrogens with one attached hydrogen (secondary N) is 2. The number of nitrogens with two attached hydrogens (primary N) is 1. The van der Waals surface area contributed by atoms with Crippen LogP contribution in [0.4, 0.5) is 0 Å². The summed E-state index contributed by atoms with van der Waals surface area (Å²) in [6.07, 6.45) is 10.0. The van der Waals surface area contributed by atoms with E-state index in [1.54, 1.807) is 0 Å². The molecule has 0 aliphatic carbocycles. The van der Waals surface area contributed by atoms with E-state index in [9.17, 15) is 9.59 Å².